The van der Waals surface area contributed by atoms with Gasteiger partial charge >= 0.3 is 0 Å². The van der Waals surface area contributed by atoms with Crippen molar-refractivity contribution in [2.45, 2.75) is 45.6 Å². The Morgan fingerprint density at radius 2 is 1.80 bits per heavy atom. The van der Waals surface area contributed by atoms with Gasteiger partial charge in [-0.1, -0.05) is 31.7 Å². The minimum Gasteiger partial charge on any atom is -0.454 e. The second-order valence-corrected chi connectivity index (χ2v) is 9.38. The Kier molecular flexibility index (Phi) is 6.68. The fourth-order valence-electron chi connectivity index (χ4n) is 5.04. The zero-order chi connectivity index (χ0) is 24.4. The molecule has 1 saturated carbocycles. The number of aryl methyl sites for hydroxylation is 1. The summed E-state index contributed by atoms with van der Waals surface area (Å²) in [5, 5.41) is 4.32. The summed E-state index contributed by atoms with van der Waals surface area (Å²) >= 11 is 0. The van der Waals surface area contributed by atoms with Crippen molar-refractivity contribution in [1.29, 1.82) is 0 Å². The molecular formula is C28H29F2N3O2. The van der Waals surface area contributed by atoms with Crippen molar-refractivity contribution in [3.8, 4) is 22.6 Å². The minimum absolute atomic E-state index is 0.0653. The number of ether oxygens (including phenoxy) is 1. The first-order valence-electron chi connectivity index (χ1n) is 12.2. The third-order valence-corrected chi connectivity index (χ3v) is 6.90. The summed E-state index contributed by atoms with van der Waals surface area (Å²) in [6.45, 7) is 3.57. The number of halogens is 2. The zero-order valence-electron chi connectivity index (χ0n) is 19.7. The van der Waals surface area contributed by atoms with Crippen molar-refractivity contribution >= 4 is 10.9 Å². The molecule has 2 aromatic carbocycles. The lowest BCUT2D eigenvalue weighted by Crippen LogP contribution is -2.17. The molecule has 0 saturated heterocycles. The largest absolute Gasteiger partial charge is 0.454 e. The lowest BCUT2D eigenvalue weighted by molar-refractivity contribution is 0.439. The van der Waals surface area contributed by atoms with E-state index >= 15 is 0 Å². The topological polar surface area (TPSA) is 69.9 Å². The van der Waals surface area contributed by atoms with Crippen LogP contribution in [0.15, 0.2) is 53.6 Å². The van der Waals surface area contributed by atoms with E-state index in [9.17, 15) is 13.6 Å². The van der Waals surface area contributed by atoms with Crippen LogP contribution in [-0.4, -0.2) is 16.5 Å². The predicted octanol–water partition coefficient (Wildman–Crippen LogP) is 6.57. The molecule has 4 aromatic rings. The van der Waals surface area contributed by atoms with E-state index in [0.717, 1.165) is 52.2 Å². The van der Waals surface area contributed by atoms with Gasteiger partial charge in [0, 0.05) is 41.5 Å². The molecule has 1 fully saturated rings. The van der Waals surface area contributed by atoms with Gasteiger partial charge in [-0.15, -0.1) is 0 Å². The summed E-state index contributed by atoms with van der Waals surface area (Å²) < 4.78 is 33.7. The number of rotatable bonds is 8. The molecule has 0 bridgehead atoms. The summed E-state index contributed by atoms with van der Waals surface area (Å²) in [6.07, 6.45) is 9.98. The monoisotopic (exact) mass is 477 g/mol. The summed E-state index contributed by atoms with van der Waals surface area (Å²) in [5.41, 5.74) is 3.72. The van der Waals surface area contributed by atoms with E-state index in [1.807, 2.05) is 19.1 Å². The highest BCUT2D eigenvalue weighted by molar-refractivity contribution is 5.98. The molecule has 5 rings (SSSR count). The van der Waals surface area contributed by atoms with Crippen molar-refractivity contribution < 1.29 is 13.5 Å². The van der Waals surface area contributed by atoms with E-state index in [4.69, 9.17) is 4.74 Å². The maximum atomic E-state index is 14.4. The Hall–Kier alpha value is -3.45. The number of pyridine rings is 1. The Morgan fingerprint density at radius 1 is 1.00 bits per heavy atom. The van der Waals surface area contributed by atoms with Crippen LogP contribution in [0.2, 0.25) is 0 Å². The third kappa shape index (κ3) is 5.00. The molecule has 35 heavy (non-hydrogen) atoms. The first kappa shape index (κ1) is 23.3. The first-order valence-corrected chi connectivity index (χ1v) is 12.2. The number of hydrogen-bond donors (Lipinski definition) is 3. The first-order chi connectivity index (χ1) is 17.0. The van der Waals surface area contributed by atoms with Crippen molar-refractivity contribution in [3.63, 3.8) is 0 Å². The average Bonchev–Trinajstić information content (AvgIpc) is 3.52. The molecule has 0 spiro atoms. The molecule has 0 aliphatic heterocycles. The fourth-order valence-corrected chi connectivity index (χ4v) is 5.04. The molecule has 5 nitrogen and oxygen atoms in total. The molecule has 182 valence electrons. The Bertz CT molecular complexity index is 1400. The van der Waals surface area contributed by atoms with E-state index in [-0.39, 0.29) is 11.3 Å². The Balaban J connectivity index is 1.48. The lowest BCUT2D eigenvalue weighted by Gasteiger charge is -2.15. The molecular weight excluding hydrogens is 448 g/mol. The molecule has 3 N–H and O–H groups in total. The molecule has 2 heterocycles. The molecule has 1 aliphatic carbocycles. The van der Waals surface area contributed by atoms with Gasteiger partial charge in [0.2, 0.25) is 0 Å². The van der Waals surface area contributed by atoms with Gasteiger partial charge in [0.15, 0.2) is 11.6 Å². The maximum Gasteiger partial charge on any atom is 0.272 e. The van der Waals surface area contributed by atoms with E-state index < -0.39 is 11.6 Å². The second-order valence-electron chi connectivity index (χ2n) is 9.38. The van der Waals surface area contributed by atoms with Crippen LogP contribution in [0.25, 0.3) is 22.0 Å². The number of aromatic nitrogens is 2. The normalized spacial score (nSPS) is 14.1. The van der Waals surface area contributed by atoms with Crippen molar-refractivity contribution in [2.24, 2.45) is 5.92 Å². The number of H-pyrrole nitrogens is 2. The van der Waals surface area contributed by atoms with Crippen LogP contribution in [-0.2, 0) is 6.54 Å². The Labute approximate surface area is 202 Å². The SMILES string of the molecule is Cc1c[nH]c(=O)c2[nH]cc(-c3cc(CNCCC4CCCC4)ccc3Oc3ccc(F)cc3F)c12. The van der Waals surface area contributed by atoms with Gasteiger partial charge in [0.05, 0.1) is 0 Å². The van der Waals surface area contributed by atoms with Gasteiger partial charge in [-0.05, 0) is 61.2 Å². The number of benzene rings is 2. The number of fused-ring (bicyclic) bond motifs is 1. The van der Waals surface area contributed by atoms with Gasteiger partial charge in [-0.2, -0.15) is 0 Å². The summed E-state index contributed by atoms with van der Waals surface area (Å²) in [5.74, 6) is -0.261. The fraction of sp³-hybridized carbons (Fsp3) is 0.321. The van der Waals surface area contributed by atoms with Gasteiger partial charge in [-0.25, -0.2) is 8.78 Å². The van der Waals surface area contributed by atoms with E-state index in [1.165, 1.54) is 38.2 Å². The van der Waals surface area contributed by atoms with E-state index in [0.29, 0.717) is 17.8 Å². The van der Waals surface area contributed by atoms with Crippen LogP contribution in [0.1, 0.15) is 43.2 Å². The molecule has 1 aliphatic rings. The molecule has 0 atom stereocenters. The molecule has 0 unspecified atom stereocenters. The quantitative estimate of drug-likeness (QED) is 0.251. The third-order valence-electron chi connectivity index (χ3n) is 6.90. The number of nitrogens with one attached hydrogen (secondary N) is 3. The van der Waals surface area contributed by atoms with Crippen molar-refractivity contribution in [3.05, 3.63) is 81.9 Å². The smallest absolute Gasteiger partial charge is 0.272 e. The summed E-state index contributed by atoms with van der Waals surface area (Å²) in [6, 6.07) is 8.98. The van der Waals surface area contributed by atoms with Crippen molar-refractivity contribution in [2.75, 3.05) is 6.54 Å². The summed E-state index contributed by atoms with van der Waals surface area (Å²) in [7, 11) is 0. The van der Waals surface area contributed by atoms with Crippen LogP contribution in [0, 0.1) is 24.5 Å². The van der Waals surface area contributed by atoms with Gasteiger partial charge in [0.1, 0.15) is 17.1 Å². The number of aromatic amines is 2. The van der Waals surface area contributed by atoms with Crippen LogP contribution < -0.4 is 15.6 Å². The average molecular weight is 478 g/mol. The summed E-state index contributed by atoms with van der Waals surface area (Å²) in [4.78, 5) is 18.2. The molecule has 7 heteroatoms. The molecule has 2 aromatic heterocycles. The number of hydrogen-bond acceptors (Lipinski definition) is 3. The molecule has 0 amide bonds. The van der Waals surface area contributed by atoms with Crippen LogP contribution in [0.4, 0.5) is 8.78 Å². The maximum absolute atomic E-state index is 14.4. The predicted molar refractivity (Wildman–Crippen MR) is 134 cm³/mol. The minimum atomic E-state index is -0.778. The van der Waals surface area contributed by atoms with Gasteiger partial charge < -0.3 is 20.0 Å². The lowest BCUT2D eigenvalue weighted by atomic mass is 9.99. The zero-order valence-corrected chi connectivity index (χ0v) is 19.7. The van der Waals surface area contributed by atoms with Crippen LogP contribution >= 0.6 is 0 Å². The highest BCUT2D eigenvalue weighted by Gasteiger charge is 2.18. The van der Waals surface area contributed by atoms with Crippen LogP contribution in [0.3, 0.4) is 0 Å². The van der Waals surface area contributed by atoms with Gasteiger partial charge in [0.25, 0.3) is 5.56 Å². The molecule has 0 radical (unpaired) electrons. The standard InChI is InChI=1S/C28H29F2N3O2/c1-17-14-33-28(34)27-26(17)22(16-32-27)21-12-19(15-31-11-10-18-4-2-3-5-18)6-8-24(21)35-25-9-7-20(29)13-23(25)30/h6-9,12-14,16,18,31-32H,2-5,10-11,15H2,1H3,(H,33,34). The van der Waals surface area contributed by atoms with E-state index in [2.05, 4.69) is 15.3 Å². The van der Waals surface area contributed by atoms with Crippen LogP contribution in [0.5, 0.6) is 11.5 Å². The van der Waals surface area contributed by atoms with Crippen molar-refractivity contribution in [1.82, 2.24) is 15.3 Å². The highest BCUT2D eigenvalue weighted by atomic mass is 19.1. The highest BCUT2D eigenvalue weighted by Crippen LogP contribution is 2.39. The van der Waals surface area contributed by atoms with E-state index in [1.54, 1.807) is 18.5 Å². The van der Waals surface area contributed by atoms with Gasteiger partial charge in [-0.3, -0.25) is 4.79 Å². The Morgan fingerprint density at radius 3 is 2.60 bits per heavy atom. The second kappa shape index (κ2) is 10.0.